The van der Waals surface area contributed by atoms with Crippen LogP contribution in [0.1, 0.15) is 5.69 Å². The van der Waals surface area contributed by atoms with E-state index in [-0.39, 0.29) is 0 Å². The second-order valence-electron chi connectivity index (χ2n) is 3.38. The van der Waals surface area contributed by atoms with Crippen molar-refractivity contribution in [1.82, 2.24) is 19.7 Å². The summed E-state index contributed by atoms with van der Waals surface area (Å²) in [6.07, 6.45) is 1.65. The van der Waals surface area contributed by atoms with Gasteiger partial charge in [-0.25, -0.2) is 0 Å². The highest BCUT2D eigenvalue weighted by Crippen LogP contribution is 2.14. The summed E-state index contributed by atoms with van der Waals surface area (Å²) >= 11 is 3.12. The Hall–Kier alpha value is -2.03. The molecule has 2 aromatic rings. The van der Waals surface area contributed by atoms with Crippen molar-refractivity contribution in [3.05, 3.63) is 38.9 Å². The van der Waals surface area contributed by atoms with E-state index in [1.165, 1.54) is 4.68 Å². The third-order valence-electron chi connectivity index (χ3n) is 2.20. The Labute approximate surface area is 110 Å². The summed E-state index contributed by atoms with van der Waals surface area (Å²) in [6.45, 7) is 0.303. The number of pyridine rings is 1. The molecule has 0 aliphatic rings. The number of nitrogens with zero attached hydrogens (tertiary/aromatic N) is 5. The van der Waals surface area contributed by atoms with Gasteiger partial charge in [0.1, 0.15) is 6.54 Å². The molecule has 0 spiro atoms. The molecule has 0 saturated heterocycles. The van der Waals surface area contributed by atoms with Crippen molar-refractivity contribution in [2.45, 2.75) is 6.54 Å². The standard InChI is InChI=1S/C9H9BrN6O2/c1-11-6-2-3-12-7(4-6)5-15-8(10)13-9(14-15)16(17)18/h2-4H,5H2,1H3,(H,11,12). The highest BCUT2D eigenvalue weighted by atomic mass is 79.9. The Morgan fingerprint density at radius 2 is 2.39 bits per heavy atom. The van der Waals surface area contributed by atoms with Gasteiger partial charge >= 0.3 is 5.95 Å². The van der Waals surface area contributed by atoms with Crippen molar-refractivity contribution in [3.63, 3.8) is 0 Å². The van der Waals surface area contributed by atoms with Gasteiger partial charge in [0, 0.05) is 40.0 Å². The lowest BCUT2D eigenvalue weighted by molar-refractivity contribution is -0.394. The molecular weight excluding hydrogens is 304 g/mol. The van der Waals surface area contributed by atoms with Crippen molar-refractivity contribution in [2.75, 3.05) is 12.4 Å². The number of hydrogen-bond acceptors (Lipinski definition) is 6. The molecule has 18 heavy (non-hydrogen) atoms. The van der Waals surface area contributed by atoms with Crippen molar-refractivity contribution in [2.24, 2.45) is 0 Å². The number of rotatable bonds is 4. The molecule has 0 unspecified atom stereocenters. The van der Waals surface area contributed by atoms with Crippen molar-refractivity contribution in [3.8, 4) is 0 Å². The van der Waals surface area contributed by atoms with Gasteiger partial charge in [-0.1, -0.05) is 0 Å². The lowest BCUT2D eigenvalue weighted by Crippen LogP contribution is -2.05. The van der Waals surface area contributed by atoms with Gasteiger partial charge in [0.2, 0.25) is 0 Å². The molecule has 2 aromatic heterocycles. The second kappa shape index (κ2) is 5.08. The van der Waals surface area contributed by atoms with E-state index < -0.39 is 10.9 Å². The van der Waals surface area contributed by atoms with Crippen LogP contribution in [0.3, 0.4) is 0 Å². The van der Waals surface area contributed by atoms with Crippen molar-refractivity contribution in [1.29, 1.82) is 0 Å². The van der Waals surface area contributed by atoms with Gasteiger partial charge in [-0.05, 0) is 22.0 Å². The third-order valence-corrected chi connectivity index (χ3v) is 2.78. The molecule has 0 atom stereocenters. The summed E-state index contributed by atoms with van der Waals surface area (Å²) in [5, 5.41) is 17.3. The van der Waals surface area contributed by atoms with Gasteiger partial charge in [0.05, 0.1) is 5.69 Å². The third kappa shape index (κ3) is 2.62. The average molecular weight is 313 g/mol. The van der Waals surface area contributed by atoms with Gasteiger partial charge < -0.3 is 15.4 Å². The van der Waals surface area contributed by atoms with E-state index in [2.05, 4.69) is 36.3 Å². The van der Waals surface area contributed by atoms with Crippen LogP contribution < -0.4 is 5.32 Å². The second-order valence-corrected chi connectivity index (χ2v) is 4.09. The Bertz CT molecular complexity index is 584. The van der Waals surface area contributed by atoms with Gasteiger partial charge in [-0.2, -0.15) is 4.68 Å². The normalized spacial score (nSPS) is 10.3. The number of hydrogen-bond donors (Lipinski definition) is 1. The zero-order valence-electron chi connectivity index (χ0n) is 9.37. The lowest BCUT2D eigenvalue weighted by atomic mass is 10.3. The van der Waals surface area contributed by atoms with Crippen LogP contribution in [0.2, 0.25) is 0 Å². The molecule has 8 nitrogen and oxygen atoms in total. The fourth-order valence-electron chi connectivity index (χ4n) is 1.36. The first kappa shape index (κ1) is 12.4. The molecule has 2 rings (SSSR count). The van der Waals surface area contributed by atoms with Crippen LogP contribution in [0.15, 0.2) is 23.1 Å². The minimum Gasteiger partial charge on any atom is -0.390 e. The van der Waals surface area contributed by atoms with Crippen LogP contribution in [-0.4, -0.2) is 31.7 Å². The smallest absolute Gasteiger partial charge is 0.390 e. The van der Waals surface area contributed by atoms with Crippen molar-refractivity contribution < 1.29 is 4.92 Å². The van der Waals surface area contributed by atoms with Crippen LogP contribution in [0.4, 0.5) is 11.6 Å². The molecule has 0 amide bonds. The largest absolute Gasteiger partial charge is 0.492 e. The van der Waals surface area contributed by atoms with E-state index in [4.69, 9.17) is 0 Å². The Balaban J connectivity index is 2.25. The number of aromatic nitrogens is 4. The molecule has 0 aliphatic heterocycles. The van der Waals surface area contributed by atoms with E-state index in [1.807, 2.05) is 12.1 Å². The van der Waals surface area contributed by atoms with E-state index in [9.17, 15) is 10.1 Å². The SMILES string of the molecule is CNc1ccnc(Cn2nc([N+](=O)[O-])nc2Br)c1. The zero-order valence-corrected chi connectivity index (χ0v) is 11.0. The monoisotopic (exact) mass is 312 g/mol. The summed E-state index contributed by atoms with van der Waals surface area (Å²) in [7, 11) is 1.80. The summed E-state index contributed by atoms with van der Waals surface area (Å²) in [5.41, 5.74) is 1.63. The van der Waals surface area contributed by atoms with Crippen LogP contribution >= 0.6 is 15.9 Å². The van der Waals surface area contributed by atoms with E-state index in [0.29, 0.717) is 11.3 Å². The van der Waals surface area contributed by atoms with Gasteiger partial charge in [0.25, 0.3) is 4.73 Å². The molecule has 2 heterocycles. The molecule has 0 aromatic carbocycles. The highest BCUT2D eigenvalue weighted by molar-refractivity contribution is 9.10. The molecule has 0 radical (unpaired) electrons. The predicted octanol–water partition coefficient (Wildman–Crippen LogP) is 1.43. The first-order valence-corrected chi connectivity index (χ1v) is 5.77. The molecule has 0 saturated carbocycles. The average Bonchev–Trinajstić information content (AvgIpc) is 2.71. The molecule has 0 aliphatic carbocycles. The maximum absolute atomic E-state index is 10.5. The minimum absolute atomic E-state index is 0.297. The molecular formula is C9H9BrN6O2. The molecule has 0 fully saturated rings. The molecule has 94 valence electrons. The first-order valence-electron chi connectivity index (χ1n) is 4.97. The van der Waals surface area contributed by atoms with Crippen LogP contribution in [-0.2, 0) is 6.54 Å². The predicted molar refractivity (Wildman–Crippen MR) is 67.3 cm³/mol. The lowest BCUT2D eigenvalue weighted by Gasteiger charge is -2.02. The maximum Gasteiger partial charge on any atom is 0.492 e. The van der Waals surface area contributed by atoms with E-state index in [1.54, 1.807) is 13.2 Å². The molecule has 9 heteroatoms. The number of nitro groups is 1. The summed E-state index contributed by atoms with van der Waals surface area (Å²) in [6, 6.07) is 3.66. The summed E-state index contributed by atoms with van der Waals surface area (Å²) in [5.74, 6) is -0.438. The zero-order chi connectivity index (χ0) is 13.1. The number of halogens is 1. The topological polar surface area (TPSA) is 98.8 Å². The van der Waals surface area contributed by atoms with Crippen LogP contribution in [0.25, 0.3) is 0 Å². The first-order chi connectivity index (χ1) is 8.60. The van der Waals surface area contributed by atoms with Gasteiger partial charge in [-0.15, -0.1) is 0 Å². The fourth-order valence-corrected chi connectivity index (χ4v) is 1.73. The summed E-state index contributed by atoms with van der Waals surface area (Å²) < 4.78 is 1.67. The molecule has 0 bridgehead atoms. The maximum atomic E-state index is 10.5. The van der Waals surface area contributed by atoms with E-state index in [0.717, 1.165) is 11.4 Å². The van der Waals surface area contributed by atoms with Gasteiger partial charge in [0.15, 0.2) is 0 Å². The molecule has 1 N–H and O–H groups in total. The minimum atomic E-state index is -0.640. The van der Waals surface area contributed by atoms with Crippen molar-refractivity contribution >= 4 is 27.6 Å². The Morgan fingerprint density at radius 3 is 3.00 bits per heavy atom. The Kier molecular flexibility index (Phi) is 3.51. The fraction of sp³-hybridized carbons (Fsp3) is 0.222. The quantitative estimate of drug-likeness (QED) is 0.677. The summed E-state index contributed by atoms with van der Waals surface area (Å²) in [4.78, 5) is 17.7. The van der Waals surface area contributed by atoms with Gasteiger partial charge in [-0.3, -0.25) is 4.98 Å². The Morgan fingerprint density at radius 1 is 1.61 bits per heavy atom. The highest BCUT2D eigenvalue weighted by Gasteiger charge is 2.19. The number of nitrogens with one attached hydrogen (secondary N) is 1. The van der Waals surface area contributed by atoms with Crippen LogP contribution in [0.5, 0.6) is 0 Å². The van der Waals surface area contributed by atoms with E-state index >= 15 is 0 Å². The van der Waals surface area contributed by atoms with Crippen LogP contribution in [0, 0.1) is 10.1 Å². The number of anilines is 1.